The Morgan fingerprint density at radius 1 is 1.25 bits per heavy atom. The number of anilines is 2. The van der Waals surface area contributed by atoms with Crippen LogP contribution in [0.1, 0.15) is 32.0 Å². The average molecular weight is 272 g/mol. The van der Waals surface area contributed by atoms with Crippen molar-refractivity contribution < 1.29 is 0 Å². The van der Waals surface area contributed by atoms with Gasteiger partial charge in [0.25, 0.3) is 0 Å². The Labute approximate surface area is 121 Å². The maximum absolute atomic E-state index is 4.61. The number of nitrogens with one attached hydrogen (secondary N) is 1. The van der Waals surface area contributed by atoms with Crippen LogP contribution < -0.4 is 10.2 Å². The summed E-state index contributed by atoms with van der Waals surface area (Å²) in [4.78, 5) is 2.11. The third-order valence-electron chi connectivity index (χ3n) is 3.55. The van der Waals surface area contributed by atoms with Crippen LogP contribution in [0.5, 0.6) is 0 Å². The van der Waals surface area contributed by atoms with Crippen molar-refractivity contribution >= 4 is 11.4 Å². The molecule has 0 aliphatic heterocycles. The van der Waals surface area contributed by atoms with E-state index in [2.05, 4.69) is 73.7 Å². The van der Waals surface area contributed by atoms with Crippen LogP contribution in [0.4, 0.5) is 11.4 Å². The first kappa shape index (κ1) is 14.4. The van der Waals surface area contributed by atoms with Crippen molar-refractivity contribution in [3.63, 3.8) is 0 Å². The maximum Gasteiger partial charge on any atom is 0.0815 e. The van der Waals surface area contributed by atoms with E-state index in [1.54, 1.807) is 0 Å². The number of nitrogens with zero attached hydrogens (tertiary/aromatic N) is 3. The molecule has 0 fully saturated rings. The Morgan fingerprint density at radius 2 is 2.00 bits per heavy atom. The minimum absolute atomic E-state index is 0.456. The van der Waals surface area contributed by atoms with Gasteiger partial charge in [-0.1, -0.05) is 19.1 Å². The molecule has 1 heterocycles. The van der Waals surface area contributed by atoms with Crippen molar-refractivity contribution in [3.8, 4) is 0 Å². The highest BCUT2D eigenvalue weighted by Crippen LogP contribution is 2.23. The first-order valence-corrected chi connectivity index (χ1v) is 7.16. The van der Waals surface area contributed by atoms with Crippen LogP contribution >= 0.6 is 0 Å². The second kappa shape index (κ2) is 6.46. The predicted octanol–water partition coefficient (Wildman–Crippen LogP) is 3.53. The second-order valence-corrected chi connectivity index (χ2v) is 5.31. The predicted molar refractivity (Wildman–Crippen MR) is 85.3 cm³/mol. The lowest BCUT2D eigenvalue weighted by molar-refractivity contribution is 0.474. The van der Waals surface area contributed by atoms with E-state index in [0.717, 1.165) is 24.3 Å². The van der Waals surface area contributed by atoms with Gasteiger partial charge < -0.3 is 10.2 Å². The summed E-state index contributed by atoms with van der Waals surface area (Å²) in [6.45, 7) is 5.11. The zero-order valence-corrected chi connectivity index (χ0v) is 12.8. The van der Waals surface area contributed by atoms with Crippen molar-refractivity contribution in [2.24, 2.45) is 0 Å². The van der Waals surface area contributed by atoms with Gasteiger partial charge in [-0.15, -0.1) is 0 Å². The molecular formula is C16H24N4. The molecule has 1 aromatic heterocycles. The molecular weight excluding hydrogens is 248 g/mol. The van der Waals surface area contributed by atoms with E-state index in [-0.39, 0.29) is 0 Å². The van der Waals surface area contributed by atoms with Gasteiger partial charge in [0.05, 0.1) is 23.6 Å². The lowest BCUT2D eigenvalue weighted by Gasteiger charge is -2.18. The standard InChI is InChI=1S/C16H24N4/c1-5-13(2)20-11-10-14(18-20)12-17-15-8-6-7-9-16(15)19(3)4/h6-11,13,17H,5,12H2,1-4H3. The quantitative estimate of drug-likeness (QED) is 0.873. The van der Waals surface area contributed by atoms with E-state index in [1.807, 2.05) is 10.7 Å². The van der Waals surface area contributed by atoms with Crippen molar-refractivity contribution in [2.45, 2.75) is 32.9 Å². The van der Waals surface area contributed by atoms with Crippen LogP contribution in [0.3, 0.4) is 0 Å². The molecule has 20 heavy (non-hydrogen) atoms. The normalized spacial score (nSPS) is 12.2. The number of hydrogen-bond acceptors (Lipinski definition) is 3. The van der Waals surface area contributed by atoms with Gasteiger partial charge >= 0.3 is 0 Å². The van der Waals surface area contributed by atoms with Crippen molar-refractivity contribution in [2.75, 3.05) is 24.3 Å². The molecule has 1 atom stereocenters. The molecule has 0 saturated carbocycles. The lowest BCUT2D eigenvalue weighted by atomic mass is 10.2. The molecule has 0 aliphatic rings. The van der Waals surface area contributed by atoms with Gasteiger partial charge in [-0.25, -0.2) is 0 Å². The van der Waals surface area contributed by atoms with Crippen molar-refractivity contribution in [3.05, 3.63) is 42.2 Å². The molecule has 0 aliphatic carbocycles. The summed E-state index contributed by atoms with van der Waals surface area (Å²) in [7, 11) is 4.11. The summed E-state index contributed by atoms with van der Waals surface area (Å²) >= 11 is 0. The molecule has 0 saturated heterocycles. The van der Waals surface area contributed by atoms with Crippen LogP contribution in [-0.4, -0.2) is 23.9 Å². The number of hydrogen-bond donors (Lipinski definition) is 1. The highest BCUT2D eigenvalue weighted by atomic mass is 15.3. The van der Waals surface area contributed by atoms with Crippen LogP contribution in [-0.2, 0) is 6.54 Å². The number of para-hydroxylation sites is 2. The molecule has 108 valence electrons. The van der Waals surface area contributed by atoms with E-state index in [0.29, 0.717) is 6.04 Å². The summed E-state index contributed by atoms with van der Waals surface area (Å²) < 4.78 is 2.04. The molecule has 0 radical (unpaired) electrons. The Morgan fingerprint density at radius 3 is 2.70 bits per heavy atom. The number of benzene rings is 1. The average Bonchev–Trinajstić information content (AvgIpc) is 2.93. The molecule has 4 heteroatoms. The van der Waals surface area contributed by atoms with E-state index in [4.69, 9.17) is 0 Å². The van der Waals surface area contributed by atoms with Gasteiger partial charge in [-0.05, 0) is 31.5 Å². The van der Waals surface area contributed by atoms with E-state index in [1.165, 1.54) is 5.69 Å². The summed E-state index contributed by atoms with van der Waals surface area (Å²) in [6.07, 6.45) is 3.15. The highest BCUT2D eigenvalue weighted by molar-refractivity contribution is 5.69. The fraction of sp³-hybridized carbons (Fsp3) is 0.438. The molecule has 1 aromatic carbocycles. The Balaban J connectivity index is 2.04. The van der Waals surface area contributed by atoms with Gasteiger partial charge in [0.2, 0.25) is 0 Å². The lowest BCUT2D eigenvalue weighted by Crippen LogP contribution is -2.12. The fourth-order valence-corrected chi connectivity index (χ4v) is 2.10. The first-order valence-electron chi connectivity index (χ1n) is 7.16. The fourth-order valence-electron chi connectivity index (χ4n) is 2.10. The van der Waals surface area contributed by atoms with Crippen molar-refractivity contribution in [1.29, 1.82) is 0 Å². The SMILES string of the molecule is CCC(C)n1ccc(CNc2ccccc2N(C)C)n1. The molecule has 4 nitrogen and oxygen atoms in total. The number of rotatable bonds is 6. The molecule has 0 amide bonds. The molecule has 1 unspecified atom stereocenters. The van der Waals surface area contributed by atoms with Gasteiger partial charge in [0, 0.05) is 26.3 Å². The van der Waals surface area contributed by atoms with E-state index in [9.17, 15) is 0 Å². The third kappa shape index (κ3) is 3.32. The van der Waals surface area contributed by atoms with Gasteiger partial charge in [-0.2, -0.15) is 5.10 Å². The van der Waals surface area contributed by atoms with Gasteiger partial charge in [-0.3, -0.25) is 4.68 Å². The number of aromatic nitrogens is 2. The Bertz CT molecular complexity index is 545. The smallest absolute Gasteiger partial charge is 0.0815 e. The topological polar surface area (TPSA) is 33.1 Å². The monoisotopic (exact) mass is 272 g/mol. The Kier molecular flexibility index (Phi) is 4.66. The molecule has 2 aromatic rings. The summed E-state index contributed by atoms with van der Waals surface area (Å²) in [5.41, 5.74) is 3.39. The summed E-state index contributed by atoms with van der Waals surface area (Å²) in [6, 6.07) is 10.8. The highest BCUT2D eigenvalue weighted by Gasteiger charge is 2.06. The van der Waals surface area contributed by atoms with Crippen LogP contribution in [0.25, 0.3) is 0 Å². The largest absolute Gasteiger partial charge is 0.378 e. The third-order valence-corrected chi connectivity index (χ3v) is 3.55. The minimum Gasteiger partial charge on any atom is -0.378 e. The Hall–Kier alpha value is -1.97. The molecule has 0 spiro atoms. The summed E-state index contributed by atoms with van der Waals surface area (Å²) in [5, 5.41) is 8.07. The van der Waals surface area contributed by atoms with Gasteiger partial charge in [0.1, 0.15) is 0 Å². The maximum atomic E-state index is 4.61. The minimum atomic E-state index is 0.456. The molecule has 2 rings (SSSR count). The van der Waals surface area contributed by atoms with Crippen LogP contribution in [0.15, 0.2) is 36.5 Å². The zero-order chi connectivity index (χ0) is 14.5. The molecule has 0 bridgehead atoms. The molecule has 1 N–H and O–H groups in total. The van der Waals surface area contributed by atoms with Crippen LogP contribution in [0.2, 0.25) is 0 Å². The van der Waals surface area contributed by atoms with E-state index < -0.39 is 0 Å². The van der Waals surface area contributed by atoms with E-state index >= 15 is 0 Å². The van der Waals surface area contributed by atoms with Gasteiger partial charge in [0.15, 0.2) is 0 Å². The summed E-state index contributed by atoms with van der Waals surface area (Å²) in [5.74, 6) is 0. The van der Waals surface area contributed by atoms with Crippen molar-refractivity contribution in [1.82, 2.24) is 9.78 Å². The second-order valence-electron chi connectivity index (χ2n) is 5.31. The van der Waals surface area contributed by atoms with Crippen LogP contribution in [0, 0.1) is 0 Å². The first-order chi connectivity index (χ1) is 9.61. The zero-order valence-electron chi connectivity index (χ0n) is 12.8.